The summed E-state index contributed by atoms with van der Waals surface area (Å²) in [5.74, 6) is 0. The van der Waals surface area contributed by atoms with Gasteiger partial charge in [0.05, 0.1) is 11.1 Å². The standard InChI is InChI=1S/C54H41NO/c1-53(2)45-27-8-5-20-40(45)42-25-13-23-38(51(42)53)34-16-11-18-36(32-34)55(47-29-15-31-49-50(47)44-22-7-10-30-48(44)56-49)37-19-12-17-35(33-37)39-24-14-26-43-41-21-6-9-28-46(41)54(3,4)52(39)43/h5-33H,1-4H3. The van der Waals surface area contributed by atoms with Crippen LogP contribution in [0.3, 0.4) is 0 Å². The minimum absolute atomic E-state index is 0.128. The first kappa shape index (κ1) is 32.8. The molecule has 56 heavy (non-hydrogen) atoms. The number of nitrogens with zero attached hydrogens (tertiary/aromatic N) is 1. The normalized spacial score (nSPS) is 14.4. The molecule has 0 unspecified atom stereocenters. The van der Waals surface area contributed by atoms with Crippen molar-refractivity contribution in [3.63, 3.8) is 0 Å². The zero-order valence-corrected chi connectivity index (χ0v) is 32.1. The molecule has 8 aromatic carbocycles. The highest BCUT2D eigenvalue weighted by Crippen LogP contribution is 2.54. The lowest BCUT2D eigenvalue weighted by Gasteiger charge is -2.29. The molecule has 11 rings (SSSR count). The molecule has 0 bridgehead atoms. The molecule has 0 spiro atoms. The summed E-state index contributed by atoms with van der Waals surface area (Å²) in [5.41, 5.74) is 20.6. The highest BCUT2D eigenvalue weighted by atomic mass is 16.3. The Morgan fingerprint density at radius 3 is 1.43 bits per heavy atom. The summed E-state index contributed by atoms with van der Waals surface area (Å²) in [6.07, 6.45) is 0. The van der Waals surface area contributed by atoms with Crippen LogP contribution in [0.25, 0.3) is 66.4 Å². The largest absolute Gasteiger partial charge is 0.456 e. The second kappa shape index (κ2) is 11.9. The second-order valence-electron chi connectivity index (χ2n) is 16.5. The highest BCUT2D eigenvalue weighted by Gasteiger charge is 2.38. The van der Waals surface area contributed by atoms with Crippen molar-refractivity contribution in [3.05, 3.63) is 198 Å². The van der Waals surface area contributed by atoms with Crippen molar-refractivity contribution in [1.82, 2.24) is 0 Å². The van der Waals surface area contributed by atoms with Crippen LogP contribution in [-0.2, 0) is 10.8 Å². The van der Waals surface area contributed by atoms with Crippen LogP contribution in [-0.4, -0.2) is 0 Å². The predicted molar refractivity (Wildman–Crippen MR) is 234 cm³/mol. The SMILES string of the molecule is CC1(C)c2ccccc2-c2cccc(-c3cccc(N(c4cccc(-c5cccc6c5C(C)(C)c5ccccc5-6)c4)c4cccc5oc6ccccc6c45)c3)c21. The van der Waals surface area contributed by atoms with Gasteiger partial charge in [0.1, 0.15) is 11.2 Å². The van der Waals surface area contributed by atoms with E-state index in [0.29, 0.717) is 0 Å². The molecular formula is C54H41NO. The van der Waals surface area contributed by atoms with E-state index in [0.717, 1.165) is 39.0 Å². The maximum absolute atomic E-state index is 6.48. The zero-order chi connectivity index (χ0) is 37.8. The van der Waals surface area contributed by atoms with Gasteiger partial charge in [-0.2, -0.15) is 0 Å². The smallest absolute Gasteiger partial charge is 0.137 e. The summed E-state index contributed by atoms with van der Waals surface area (Å²) in [5, 5.41) is 2.21. The minimum atomic E-state index is -0.128. The quantitative estimate of drug-likeness (QED) is 0.176. The van der Waals surface area contributed by atoms with Gasteiger partial charge in [-0.1, -0.05) is 161 Å². The first-order valence-electron chi connectivity index (χ1n) is 19.7. The van der Waals surface area contributed by atoms with E-state index in [4.69, 9.17) is 4.42 Å². The van der Waals surface area contributed by atoms with E-state index in [1.807, 2.05) is 6.07 Å². The van der Waals surface area contributed by atoms with Crippen molar-refractivity contribution in [2.24, 2.45) is 0 Å². The Kier molecular flexibility index (Phi) is 6.98. The van der Waals surface area contributed by atoms with Crippen LogP contribution < -0.4 is 4.90 Å². The van der Waals surface area contributed by atoms with Crippen LogP contribution in [0.15, 0.2) is 180 Å². The molecule has 0 saturated heterocycles. The number of hydrogen-bond acceptors (Lipinski definition) is 2. The molecule has 9 aromatic rings. The van der Waals surface area contributed by atoms with Gasteiger partial charge in [0, 0.05) is 27.6 Å². The Morgan fingerprint density at radius 1 is 0.393 bits per heavy atom. The molecule has 0 fully saturated rings. The first-order valence-corrected chi connectivity index (χ1v) is 19.7. The summed E-state index contributed by atoms with van der Waals surface area (Å²) in [7, 11) is 0. The monoisotopic (exact) mass is 719 g/mol. The molecule has 2 aliphatic rings. The lowest BCUT2D eigenvalue weighted by atomic mass is 9.79. The lowest BCUT2D eigenvalue weighted by Crippen LogP contribution is -2.16. The summed E-state index contributed by atoms with van der Waals surface area (Å²) in [6.45, 7) is 9.47. The summed E-state index contributed by atoms with van der Waals surface area (Å²) in [4.78, 5) is 2.43. The van der Waals surface area contributed by atoms with Gasteiger partial charge in [0.15, 0.2) is 0 Å². The van der Waals surface area contributed by atoms with Gasteiger partial charge in [-0.15, -0.1) is 0 Å². The van der Waals surface area contributed by atoms with Crippen molar-refractivity contribution in [2.45, 2.75) is 38.5 Å². The predicted octanol–water partition coefficient (Wildman–Crippen LogP) is 15.0. The number of benzene rings is 8. The number of rotatable bonds is 5. The molecule has 1 aromatic heterocycles. The van der Waals surface area contributed by atoms with E-state index in [1.165, 1.54) is 66.8 Å². The Bertz CT molecular complexity index is 2900. The van der Waals surface area contributed by atoms with Crippen molar-refractivity contribution in [3.8, 4) is 44.5 Å². The molecule has 268 valence electrons. The third-order valence-corrected chi connectivity index (χ3v) is 12.6. The van der Waals surface area contributed by atoms with Crippen molar-refractivity contribution in [2.75, 3.05) is 4.90 Å². The van der Waals surface area contributed by atoms with Crippen LogP contribution in [0.4, 0.5) is 17.1 Å². The van der Waals surface area contributed by atoms with E-state index in [1.54, 1.807) is 0 Å². The maximum Gasteiger partial charge on any atom is 0.137 e. The van der Waals surface area contributed by atoms with Crippen LogP contribution in [0.5, 0.6) is 0 Å². The van der Waals surface area contributed by atoms with Crippen molar-refractivity contribution >= 4 is 39.0 Å². The fraction of sp³-hybridized carbons (Fsp3) is 0.111. The van der Waals surface area contributed by atoms with E-state index in [2.05, 4.69) is 202 Å². The molecule has 0 radical (unpaired) electrons. The third kappa shape index (κ3) is 4.62. The molecule has 2 nitrogen and oxygen atoms in total. The Balaban J connectivity index is 1.13. The average Bonchev–Trinajstić information content (AvgIpc) is 3.82. The molecule has 0 atom stereocenters. The van der Waals surface area contributed by atoms with Gasteiger partial charge in [-0.3, -0.25) is 0 Å². The zero-order valence-electron chi connectivity index (χ0n) is 32.1. The Labute approximate surface area is 328 Å². The highest BCUT2D eigenvalue weighted by molar-refractivity contribution is 6.13. The van der Waals surface area contributed by atoms with Crippen LogP contribution >= 0.6 is 0 Å². The first-order chi connectivity index (χ1) is 27.3. The van der Waals surface area contributed by atoms with Crippen LogP contribution in [0, 0.1) is 0 Å². The molecule has 2 aliphatic carbocycles. The maximum atomic E-state index is 6.48. The summed E-state index contributed by atoms with van der Waals surface area (Å²) < 4.78 is 6.48. The number of furan rings is 1. The van der Waals surface area contributed by atoms with Gasteiger partial charge in [0.2, 0.25) is 0 Å². The Hall–Kier alpha value is -6.64. The fourth-order valence-electron chi connectivity index (χ4n) is 10.2. The van der Waals surface area contributed by atoms with Crippen molar-refractivity contribution < 1.29 is 4.42 Å². The molecule has 0 saturated carbocycles. The minimum Gasteiger partial charge on any atom is -0.456 e. The molecule has 1 heterocycles. The molecular weight excluding hydrogens is 679 g/mol. The lowest BCUT2D eigenvalue weighted by molar-refractivity contribution is 0.662. The van der Waals surface area contributed by atoms with Crippen LogP contribution in [0.2, 0.25) is 0 Å². The molecule has 2 heteroatoms. The molecule has 0 aliphatic heterocycles. The topological polar surface area (TPSA) is 16.4 Å². The number of fused-ring (bicyclic) bond motifs is 9. The van der Waals surface area contributed by atoms with E-state index in [9.17, 15) is 0 Å². The third-order valence-electron chi connectivity index (χ3n) is 12.6. The van der Waals surface area contributed by atoms with Crippen molar-refractivity contribution in [1.29, 1.82) is 0 Å². The summed E-state index contributed by atoms with van der Waals surface area (Å²) in [6, 6.07) is 64.5. The Morgan fingerprint density at radius 2 is 0.839 bits per heavy atom. The van der Waals surface area contributed by atoms with Gasteiger partial charge in [-0.05, 0) is 109 Å². The number of para-hydroxylation sites is 1. The van der Waals surface area contributed by atoms with Crippen LogP contribution in [0.1, 0.15) is 49.9 Å². The van der Waals surface area contributed by atoms with Gasteiger partial charge in [-0.25, -0.2) is 0 Å². The van der Waals surface area contributed by atoms with Gasteiger partial charge >= 0.3 is 0 Å². The van der Waals surface area contributed by atoms with E-state index >= 15 is 0 Å². The molecule has 0 amide bonds. The number of anilines is 3. The average molecular weight is 720 g/mol. The fourth-order valence-corrected chi connectivity index (χ4v) is 10.2. The summed E-state index contributed by atoms with van der Waals surface area (Å²) >= 11 is 0. The van der Waals surface area contributed by atoms with Gasteiger partial charge < -0.3 is 9.32 Å². The van der Waals surface area contributed by atoms with E-state index < -0.39 is 0 Å². The van der Waals surface area contributed by atoms with E-state index in [-0.39, 0.29) is 10.8 Å². The number of hydrogen-bond donors (Lipinski definition) is 0. The molecule has 0 N–H and O–H groups in total. The second-order valence-corrected chi connectivity index (χ2v) is 16.5. The van der Waals surface area contributed by atoms with Gasteiger partial charge in [0.25, 0.3) is 0 Å².